The largest absolute Gasteiger partial charge is 0.303 e. The molecule has 0 radical (unpaired) electrons. The molecule has 2 nitrogen and oxygen atoms in total. The lowest BCUT2D eigenvalue weighted by atomic mass is 10.1. The second-order valence-corrected chi connectivity index (χ2v) is 4.52. The molecule has 0 aliphatic carbocycles. The molecule has 2 heteroatoms. The fourth-order valence-electron chi connectivity index (χ4n) is 1.90. The van der Waals surface area contributed by atoms with E-state index in [1.807, 2.05) is 0 Å². The average molecular weight is 183 g/mol. The molecule has 1 saturated heterocycles. The van der Waals surface area contributed by atoms with Crippen LogP contribution in [0.15, 0.2) is 0 Å². The molecule has 1 rings (SSSR count). The Labute approximate surface area is 81.3 Å². The summed E-state index contributed by atoms with van der Waals surface area (Å²) in [7, 11) is 0. The minimum atomic E-state index is 0.319. The van der Waals surface area contributed by atoms with Gasteiger partial charge in [-0.05, 0) is 38.3 Å². The lowest BCUT2D eigenvalue weighted by molar-refractivity contribution is -0.110. The van der Waals surface area contributed by atoms with Gasteiger partial charge in [0.15, 0.2) is 0 Å². The highest BCUT2D eigenvalue weighted by Gasteiger charge is 2.20. The summed E-state index contributed by atoms with van der Waals surface area (Å²) in [5, 5.41) is 0. The second kappa shape index (κ2) is 5.38. The molecule has 13 heavy (non-hydrogen) atoms. The normalized spacial score (nSPS) is 24.1. The van der Waals surface area contributed by atoms with E-state index < -0.39 is 0 Å². The maximum Gasteiger partial charge on any atom is 0.124 e. The maximum atomic E-state index is 10.5. The summed E-state index contributed by atoms with van der Waals surface area (Å²) in [5.74, 6) is 1.13. The summed E-state index contributed by atoms with van der Waals surface area (Å²) in [6.45, 7) is 7.84. The van der Waals surface area contributed by atoms with Crippen molar-refractivity contribution in [3.63, 3.8) is 0 Å². The van der Waals surface area contributed by atoms with Crippen molar-refractivity contribution in [3.05, 3.63) is 0 Å². The molecule has 1 aliphatic heterocycles. The van der Waals surface area contributed by atoms with Gasteiger partial charge >= 0.3 is 0 Å². The third-order valence-corrected chi connectivity index (χ3v) is 2.76. The van der Waals surface area contributed by atoms with Crippen LogP contribution in [0.3, 0.4) is 0 Å². The van der Waals surface area contributed by atoms with Crippen molar-refractivity contribution in [2.24, 2.45) is 11.8 Å². The van der Waals surface area contributed by atoms with Crippen LogP contribution < -0.4 is 0 Å². The molecule has 0 saturated carbocycles. The summed E-state index contributed by atoms with van der Waals surface area (Å²) in [5.41, 5.74) is 0. The molecule has 0 bridgehead atoms. The molecule has 1 unspecified atom stereocenters. The van der Waals surface area contributed by atoms with Crippen LogP contribution in [0.5, 0.6) is 0 Å². The highest BCUT2D eigenvalue weighted by Crippen LogP contribution is 2.15. The van der Waals surface area contributed by atoms with Crippen molar-refractivity contribution in [1.29, 1.82) is 0 Å². The summed E-state index contributed by atoms with van der Waals surface area (Å²) >= 11 is 0. The van der Waals surface area contributed by atoms with Gasteiger partial charge in [-0.3, -0.25) is 0 Å². The summed E-state index contributed by atoms with van der Waals surface area (Å²) in [6, 6.07) is 0. The number of hydrogen-bond acceptors (Lipinski definition) is 2. The van der Waals surface area contributed by atoms with Gasteiger partial charge in [-0.2, -0.15) is 0 Å². The van der Waals surface area contributed by atoms with E-state index in [0.717, 1.165) is 31.7 Å². The minimum Gasteiger partial charge on any atom is -0.303 e. The van der Waals surface area contributed by atoms with Gasteiger partial charge in [-0.15, -0.1) is 0 Å². The molecule has 1 heterocycles. The zero-order valence-electron chi connectivity index (χ0n) is 8.83. The molecular weight excluding hydrogens is 162 g/mol. The third-order valence-electron chi connectivity index (χ3n) is 2.76. The SMILES string of the molecule is CC(C)CCCN1CCC(C=O)C1. The Morgan fingerprint density at radius 1 is 1.54 bits per heavy atom. The fourth-order valence-corrected chi connectivity index (χ4v) is 1.90. The highest BCUT2D eigenvalue weighted by molar-refractivity contribution is 5.54. The van der Waals surface area contributed by atoms with E-state index in [1.54, 1.807) is 0 Å². The van der Waals surface area contributed by atoms with E-state index >= 15 is 0 Å². The molecule has 0 aromatic heterocycles. The van der Waals surface area contributed by atoms with Gasteiger partial charge in [0, 0.05) is 12.5 Å². The Bertz CT molecular complexity index is 156. The van der Waals surface area contributed by atoms with Crippen LogP contribution in [0.2, 0.25) is 0 Å². The number of carbonyl (C=O) groups is 1. The zero-order valence-corrected chi connectivity index (χ0v) is 8.83. The van der Waals surface area contributed by atoms with Crippen LogP contribution in [-0.2, 0) is 4.79 Å². The van der Waals surface area contributed by atoms with Crippen LogP contribution in [0.4, 0.5) is 0 Å². The average Bonchev–Trinajstić information content (AvgIpc) is 2.52. The van der Waals surface area contributed by atoms with Crippen LogP contribution in [-0.4, -0.2) is 30.8 Å². The van der Waals surface area contributed by atoms with Crippen molar-refractivity contribution >= 4 is 6.29 Å². The fraction of sp³-hybridized carbons (Fsp3) is 0.909. The smallest absolute Gasteiger partial charge is 0.124 e. The number of carbonyl (C=O) groups excluding carboxylic acids is 1. The molecule has 1 aliphatic rings. The molecule has 1 fully saturated rings. The lowest BCUT2D eigenvalue weighted by Crippen LogP contribution is -2.22. The quantitative estimate of drug-likeness (QED) is 0.607. The summed E-state index contributed by atoms with van der Waals surface area (Å²) in [6.07, 6.45) is 4.78. The molecule has 0 aromatic rings. The van der Waals surface area contributed by atoms with E-state index in [0.29, 0.717) is 5.92 Å². The van der Waals surface area contributed by atoms with E-state index in [2.05, 4.69) is 18.7 Å². The first kappa shape index (κ1) is 10.7. The first-order valence-corrected chi connectivity index (χ1v) is 5.40. The Morgan fingerprint density at radius 3 is 2.85 bits per heavy atom. The van der Waals surface area contributed by atoms with Crippen LogP contribution >= 0.6 is 0 Å². The Kier molecular flexibility index (Phi) is 4.43. The van der Waals surface area contributed by atoms with Crippen LogP contribution in [0.1, 0.15) is 33.1 Å². The van der Waals surface area contributed by atoms with Crippen LogP contribution in [0.25, 0.3) is 0 Å². The van der Waals surface area contributed by atoms with E-state index in [4.69, 9.17) is 0 Å². The van der Waals surface area contributed by atoms with E-state index in [1.165, 1.54) is 19.4 Å². The van der Waals surface area contributed by atoms with Gasteiger partial charge in [-0.25, -0.2) is 0 Å². The van der Waals surface area contributed by atoms with Crippen molar-refractivity contribution in [2.45, 2.75) is 33.1 Å². The van der Waals surface area contributed by atoms with Crippen molar-refractivity contribution < 1.29 is 4.79 Å². The maximum absolute atomic E-state index is 10.5. The molecule has 0 spiro atoms. The molecule has 0 aromatic carbocycles. The number of likely N-dealkylation sites (tertiary alicyclic amines) is 1. The van der Waals surface area contributed by atoms with Gasteiger partial charge in [-0.1, -0.05) is 13.8 Å². The number of aldehydes is 1. The summed E-state index contributed by atoms with van der Waals surface area (Å²) < 4.78 is 0. The first-order valence-electron chi connectivity index (χ1n) is 5.40. The van der Waals surface area contributed by atoms with Crippen molar-refractivity contribution in [3.8, 4) is 0 Å². The topological polar surface area (TPSA) is 20.3 Å². The molecule has 76 valence electrons. The molecule has 0 amide bonds. The Hall–Kier alpha value is -0.370. The number of hydrogen-bond donors (Lipinski definition) is 0. The van der Waals surface area contributed by atoms with Crippen molar-refractivity contribution in [1.82, 2.24) is 4.90 Å². The van der Waals surface area contributed by atoms with Gasteiger partial charge in [0.1, 0.15) is 6.29 Å². The number of rotatable bonds is 5. The van der Waals surface area contributed by atoms with Gasteiger partial charge < -0.3 is 9.69 Å². The van der Waals surface area contributed by atoms with Gasteiger partial charge in [0.05, 0.1) is 0 Å². The van der Waals surface area contributed by atoms with E-state index in [-0.39, 0.29) is 0 Å². The Morgan fingerprint density at radius 2 is 2.31 bits per heavy atom. The molecule has 1 atom stereocenters. The predicted octanol–water partition coefficient (Wildman–Crippen LogP) is 1.94. The zero-order chi connectivity index (χ0) is 9.68. The number of nitrogens with zero attached hydrogens (tertiary/aromatic N) is 1. The third kappa shape index (κ3) is 3.90. The predicted molar refractivity (Wildman–Crippen MR) is 54.7 cm³/mol. The monoisotopic (exact) mass is 183 g/mol. The molecular formula is C11H21NO. The van der Waals surface area contributed by atoms with Crippen LogP contribution in [0, 0.1) is 11.8 Å². The van der Waals surface area contributed by atoms with Gasteiger partial charge in [0.2, 0.25) is 0 Å². The minimum absolute atomic E-state index is 0.319. The first-order chi connectivity index (χ1) is 6.22. The molecule has 0 N–H and O–H groups in total. The summed E-state index contributed by atoms with van der Waals surface area (Å²) in [4.78, 5) is 12.9. The standard InChI is InChI=1S/C11H21NO/c1-10(2)4-3-6-12-7-5-11(8-12)9-13/h9-11H,3-8H2,1-2H3. The Balaban J connectivity index is 2.07. The second-order valence-electron chi connectivity index (χ2n) is 4.52. The van der Waals surface area contributed by atoms with Gasteiger partial charge in [0.25, 0.3) is 0 Å². The van der Waals surface area contributed by atoms with E-state index in [9.17, 15) is 4.79 Å². The lowest BCUT2D eigenvalue weighted by Gasteiger charge is -2.15. The van der Waals surface area contributed by atoms with Crippen molar-refractivity contribution in [2.75, 3.05) is 19.6 Å². The highest BCUT2D eigenvalue weighted by atomic mass is 16.1.